The lowest BCUT2D eigenvalue weighted by atomic mass is 9.41. The molecule has 0 aromatic heterocycles. The number of aliphatic carboxylic acids is 1. The molecule has 258 valence electrons. The Morgan fingerprint density at radius 2 is 1.85 bits per heavy atom. The number of aldehydes is 1. The lowest BCUT2D eigenvalue weighted by molar-refractivity contribution is -0.197. The zero-order valence-electron chi connectivity index (χ0n) is 29.4. The highest BCUT2D eigenvalue weighted by molar-refractivity contribution is 5.90. The van der Waals surface area contributed by atoms with Crippen molar-refractivity contribution in [1.29, 1.82) is 0 Å². The summed E-state index contributed by atoms with van der Waals surface area (Å²) >= 11 is 0. The number of unbranched alkanes of at least 4 members (excludes halogenated alkanes) is 1. The van der Waals surface area contributed by atoms with Crippen molar-refractivity contribution in [3.05, 3.63) is 11.6 Å². The van der Waals surface area contributed by atoms with Gasteiger partial charge in [0.15, 0.2) is 0 Å². The van der Waals surface area contributed by atoms with Crippen LogP contribution in [0.3, 0.4) is 0 Å². The Bertz CT molecular complexity index is 1170. The summed E-state index contributed by atoms with van der Waals surface area (Å²) in [4.78, 5) is 33.0. The van der Waals surface area contributed by atoms with Crippen molar-refractivity contribution in [3.8, 4) is 0 Å². The third kappa shape index (κ3) is 4.63. The second-order valence-electron chi connectivity index (χ2n) is 17.2. The number of hydrogen-bond donors (Lipinski definition) is 1. The normalized spacial score (nSPS) is 45.0. The Morgan fingerprint density at radius 3 is 2.48 bits per heavy atom. The van der Waals surface area contributed by atoms with Crippen LogP contribution in [0.5, 0.6) is 0 Å². The summed E-state index contributed by atoms with van der Waals surface area (Å²) in [6, 6.07) is 0.672. The van der Waals surface area contributed by atoms with Gasteiger partial charge in [-0.1, -0.05) is 58.6 Å². The second kappa shape index (κ2) is 12.6. The van der Waals surface area contributed by atoms with Gasteiger partial charge in [-0.3, -0.25) is 4.79 Å². The minimum atomic E-state index is -1.14. The van der Waals surface area contributed by atoms with Crippen LogP contribution in [0.4, 0.5) is 0 Å². The van der Waals surface area contributed by atoms with E-state index < -0.39 is 22.2 Å². The second-order valence-corrected chi connectivity index (χ2v) is 17.2. The van der Waals surface area contributed by atoms with E-state index in [1.54, 1.807) is 0 Å². The molecule has 4 bridgehead atoms. The molecule has 3 aliphatic heterocycles. The fourth-order valence-electron chi connectivity index (χ4n) is 13.2. The average Bonchev–Trinajstić information content (AvgIpc) is 3.77. The van der Waals surface area contributed by atoms with Gasteiger partial charge in [-0.05, 0) is 106 Å². The molecule has 4 aliphatic carbocycles. The molecule has 6 fully saturated rings. The predicted octanol–water partition coefficient (Wildman–Crippen LogP) is 6.45. The number of fused-ring (bicyclic) bond motifs is 2. The Balaban J connectivity index is 1.15. The largest absolute Gasteiger partial charge is 0.481 e. The summed E-state index contributed by atoms with van der Waals surface area (Å²) < 4.78 is 13.0. The van der Waals surface area contributed by atoms with E-state index in [0.29, 0.717) is 36.3 Å². The van der Waals surface area contributed by atoms with Crippen LogP contribution in [0.15, 0.2) is 11.6 Å². The maximum Gasteiger partial charge on any atom is 0.315 e. The maximum absolute atomic E-state index is 14.1. The van der Waals surface area contributed by atoms with Gasteiger partial charge in [0.1, 0.15) is 11.7 Å². The summed E-state index contributed by atoms with van der Waals surface area (Å²) in [5, 5.41) is 11.5. The van der Waals surface area contributed by atoms with Crippen LogP contribution in [-0.4, -0.2) is 91.3 Å². The van der Waals surface area contributed by atoms with Gasteiger partial charge in [0, 0.05) is 38.2 Å². The van der Waals surface area contributed by atoms with Crippen LogP contribution in [0.1, 0.15) is 105 Å². The predicted molar refractivity (Wildman–Crippen MR) is 179 cm³/mol. The average molecular weight is 639 g/mol. The van der Waals surface area contributed by atoms with E-state index >= 15 is 0 Å². The summed E-state index contributed by atoms with van der Waals surface area (Å²) in [6.45, 7) is 14.4. The smallest absolute Gasteiger partial charge is 0.315 e. The van der Waals surface area contributed by atoms with Gasteiger partial charge in [0.05, 0.1) is 23.7 Å². The van der Waals surface area contributed by atoms with E-state index in [1.165, 1.54) is 32.0 Å². The topological polar surface area (TPSA) is 79.3 Å². The lowest BCUT2D eigenvalue weighted by Gasteiger charge is -2.60. The van der Waals surface area contributed by atoms with Crippen molar-refractivity contribution < 1.29 is 24.2 Å². The number of nitrogens with zero attached hydrogens (tertiary/aromatic N) is 2. The molecule has 0 amide bonds. The number of allylic oxidation sites excluding steroid dienone is 1. The van der Waals surface area contributed by atoms with E-state index in [2.05, 4.69) is 43.6 Å². The minimum absolute atomic E-state index is 0.102. The van der Waals surface area contributed by atoms with Crippen molar-refractivity contribution in [2.24, 2.45) is 51.8 Å². The van der Waals surface area contributed by atoms with Crippen molar-refractivity contribution in [3.63, 3.8) is 0 Å². The number of piperidine rings is 2. The zero-order chi connectivity index (χ0) is 32.4. The Morgan fingerprint density at radius 1 is 1.11 bits per heavy atom. The molecule has 7 rings (SSSR count). The lowest BCUT2D eigenvalue weighted by Crippen LogP contribution is -2.65. The fourth-order valence-corrected chi connectivity index (χ4v) is 13.2. The molecule has 46 heavy (non-hydrogen) atoms. The molecule has 7 heteroatoms. The van der Waals surface area contributed by atoms with Crippen LogP contribution < -0.4 is 0 Å². The molecular formula is C39H62N2O5. The van der Waals surface area contributed by atoms with Gasteiger partial charge in [-0.15, -0.1) is 0 Å². The maximum atomic E-state index is 14.1. The number of likely N-dealkylation sites (tertiary alicyclic amines) is 2. The number of carboxylic acid groups (broad SMARTS) is 1. The number of methoxy groups -OCH3 is 1. The SMILES string of the molecule is CCCCC1CC(C23C[C@@H]4[C@H](C)CC[C@H]4C4(C=O)CC2C=C(C(C)C)C34C(=O)O)OC1CN1CCC(N2CCC(OC)CC2)CC1. The molecule has 3 saturated carbocycles. The molecule has 0 aromatic rings. The van der Waals surface area contributed by atoms with Crippen molar-refractivity contribution >= 4 is 12.3 Å². The molecule has 1 N–H and O–H groups in total. The van der Waals surface area contributed by atoms with E-state index in [1.807, 2.05) is 7.11 Å². The van der Waals surface area contributed by atoms with Crippen LogP contribution in [0.25, 0.3) is 0 Å². The molecule has 0 radical (unpaired) electrons. The van der Waals surface area contributed by atoms with E-state index in [0.717, 1.165) is 83.2 Å². The Labute approximate surface area is 278 Å². The fraction of sp³-hybridized carbons (Fsp3) is 0.897. The molecule has 3 heterocycles. The molecular weight excluding hydrogens is 576 g/mol. The third-order valence-electron chi connectivity index (χ3n) is 15.2. The van der Waals surface area contributed by atoms with Crippen LogP contribution in [-0.2, 0) is 19.1 Å². The first kappa shape index (κ1) is 33.2. The molecule has 0 aromatic carbocycles. The van der Waals surface area contributed by atoms with E-state index in [4.69, 9.17) is 9.47 Å². The highest BCUT2D eigenvalue weighted by Crippen LogP contribution is 2.84. The molecule has 7 unspecified atom stereocenters. The number of hydrogen-bond acceptors (Lipinski definition) is 6. The Kier molecular flexibility index (Phi) is 9.07. The van der Waals surface area contributed by atoms with Crippen LogP contribution in [0.2, 0.25) is 0 Å². The Hall–Kier alpha value is -1.28. The number of rotatable bonds is 11. The number of ether oxygens (including phenoxy) is 2. The first-order valence-electron chi connectivity index (χ1n) is 19.2. The van der Waals surface area contributed by atoms with Crippen LogP contribution >= 0.6 is 0 Å². The highest BCUT2D eigenvalue weighted by Gasteiger charge is 2.86. The van der Waals surface area contributed by atoms with E-state index in [9.17, 15) is 14.7 Å². The molecule has 3 saturated heterocycles. The number of carbonyl (C=O) groups is 2. The summed E-state index contributed by atoms with van der Waals surface area (Å²) in [5.74, 6) is 1.03. The molecule has 7 aliphatic rings. The van der Waals surface area contributed by atoms with E-state index in [-0.39, 0.29) is 30.0 Å². The summed E-state index contributed by atoms with van der Waals surface area (Å²) in [6.07, 6.45) is 16.8. The van der Waals surface area contributed by atoms with Crippen molar-refractivity contribution in [2.75, 3.05) is 39.8 Å². The molecule has 10 atom stereocenters. The van der Waals surface area contributed by atoms with Crippen molar-refractivity contribution in [2.45, 2.75) is 129 Å². The first-order valence-corrected chi connectivity index (χ1v) is 19.2. The van der Waals surface area contributed by atoms with Gasteiger partial charge in [-0.2, -0.15) is 0 Å². The number of carbonyl (C=O) groups excluding carboxylic acids is 1. The molecule has 0 spiro atoms. The summed E-state index contributed by atoms with van der Waals surface area (Å²) in [7, 11) is 1.85. The van der Waals surface area contributed by atoms with Gasteiger partial charge >= 0.3 is 5.97 Å². The zero-order valence-corrected chi connectivity index (χ0v) is 29.4. The standard InChI is InChI=1S/C39H62N2O5/c1-6-7-8-27-19-35(46-34(27)23-40-15-11-29(12-16-40)41-17-13-30(45-5)14-18-41)38-22-31-26(4)9-10-32(31)37(24-42)21-28(38)20-33(25(2)3)39(37,38)36(43)44/h20,24-32,34-35H,6-19,21-23H2,1-5H3,(H,43,44)/t26-,27?,28?,31-,32-,34?,35?,37?,38?,39?/m1/s1. The molecule has 7 nitrogen and oxygen atoms in total. The minimum Gasteiger partial charge on any atom is -0.481 e. The monoisotopic (exact) mass is 638 g/mol. The van der Waals surface area contributed by atoms with Gasteiger partial charge in [0.25, 0.3) is 0 Å². The van der Waals surface area contributed by atoms with Crippen LogP contribution in [0, 0.1) is 51.8 Å². The van der Waals surface area contributed by atoms with Gasteiger partial charge in [-0.25, -0.2) is 0 Å². The summed E-state index contributed by atoms with van der Waals surface area (Å²) in [5.41, 5.74) is -1.45. The van der Waals surface area contributed by atoms with Gasteiger partial charge in [0.2, 0.25) is 0 Å². The van der Waals surface area contributed by atoms with Gasteiger partial charge < -0.3 is 29.2 Å². The number of carboxylic acids is 1. The highest BCUT2D eigenvalue weighted by atomic mass is 16.5. The first-order chi connectivity index (χ1) is 22.2. The quantitative estimate of drug-likeness (QED) is 0.206. The third-order valence-corrected chi connectivity index (χ3v) is 15.2. The van der Waals surface area contributed by atoms with Crippen molar-refractivity contribution in [1.82, 2.24) is 9.80 Å².